The van der Waals surface area contributed by atoms with Crippen molar-refractivity contribution in [2.24, 2.45) is 5.41 Å². The smallest absolute Gasteiger partial charge is 0.360 e. The lowest BCUT2D eigenvalue weighted by Gasteiger charge is -2.22. The summed E-state index contributed by atoms with van der Waals surface area (Å²) >= 11 is 6.00. The van der Waals surface area contributed by atoms with Gasteiger partial charge in [0.15, 0.2) is 0 Å². The predicted molar refractivity (Wildman–Crippen MR) is 186 cm³/mol. The number of aromatic nitrogens is 1. The minimum absolute atomic E-state index is 0.163. The maximum absolute atomic E-state index is 14.1. The fourth-order valence-electron chi connectivity index (χ4n) is 5.69. The van der Waals surface area contributed by atoms with E-state index in [0.29, 0.717) is 34.0 Å². The van der Waals surface area contributed by atoms with Gasteiger partial charge in [-0.1, -0.05) is 85.4 Å². The highest BCUT2D eigenvalue weighted by molar-refractivity contribution is 7.85. The molecule has 2 aromatic carbocycles. The fourth-order valence-corrected chi connectivity index (χ4v) is 6.18. The number of allylic oxidation sites excluding steroid dienone is 8. The van der Waals surface area contributed by atoms with E-state index >= 15 is 0 Å². The number of hydrogen-bond donors (Lipinski definition) is 2. The predicted octanol–water partition coefficient (Wildman–Crippen LogP) is 8.64. The Labute approximate surface area is 294 Å². The second-order valence-electron chi connectivity index (χ2n) is 13.4. The van der Waals surface area contributed by atoms with E-state index in [1.807, 2.05) is 12.2 Å². The molecule has 0 saturated carbocycles. The Morgan fingerprint density at radius 2 is 1.74 bits per heavy atom. The largest absolute Gasteiger partial charge is 0.412 e. The Morgan fingerprint density at radius 3 is 2.34 bits per heavy atom. The summed E-state index contributed by atoms with van der Waals surface area (Å²) in [5, 5.41) is 7.35. The number of halogens is 4. The van der Waals surface area contributed by atoms with Gasteiger partial charge in [-0.15, -0.1) is 0 Å². The zero-order valence-corrected chi connectivity index (χ0v) is 29.2. The van der Waals surface area contributed by atoms with Crippen LogP contribution >= 0.6 is 11.6 Å². The molecule has 262 valence electrons. The van der Waals surface area contributed by atoms with Crippen LogP contribution in [0.4, 0.5) is 13.2 Å². The molecular weight excluding hydrogens is 689 g/mol. The van der Waals surface area contributed by atoms with E-state index in [1.165, 1.54) is 6.08 Å². The first-order chi connectivity index (χ1) is 23.4. The number of hydrogen-bond acceptors (Lipinski definition) is 5. The molecule has 0 aliphatic heterocycles. The van der Waals surface area contributed by atoms with Crippen molar-refractivity contribution in [1.82, 2.24) is 10.5 Å². The number of rotatable bonds is 11. The van der Waals surface area contributed by atoms with Crippen molar-refractivity contribution < 1.29 is 35.5 Å². The Hall–Kier alpha value is -4.37. The highest BCUT2D eigenvalue weighted by Crippen LogP contribution is 2.41. The highest BCUT2D eigenvalue weighted by Gasteiger charge is 2.38. The molecule has 0 bridgehead atoms. The molecule has 7 nitrogen and oxygen atoms in total. The van der Waals surface area contributed by atoms with Gasteiger partial charge in [-0.2, -0.15) is 21.6 Å². The zero-order chi connectivity index (χ0) is 36.3. The van der Waals surface area contributed by atoms with Crippen LogP contribution in [0, 0.1) is 5.41 Å². The van der Waals surface area contributed by atoms with Crippen molar-refractivity contribution in [2.45, 2.75) is 58.0 Å². The van der Waals surface area contributed by atoms with Gasteiger partial charge < -0.3 is 9.84 Å². The minimum Gasteiger partial charge on any atom is -0.360 e. The fraction of sp³-hybridized carbons (Fsp3) is 0.316. The summed E-state index contributed by atoms with van der Waals surface area (Å²) in [5.41, 5.74) is 10.4. The van der Waals surface area contributed by atoms with E-state index in [-0.39, 0.29) is 24.8 Å². The van der Waals surface area contributed by atoms with Crippen LogP contribution in [0.1, 0.15) is 72.0 Å². The molecule has 2 N–H and O–H groups in total. The number of nitrogens with zero attached hydrogens (tertiary/aromatic N) is 1. The molecule has 3 aromatic rings. The highest BCUT2D eigenvalue weighted by atomic mass is 35.5. The maximum atomic E-state index is 14.1. The molecule has 1 heterocycles. The second-order valence-corrected chi connectivity index (χ2v) is 15.4. The summed E-state index contributed by atoms with van der Waals surface area (Å²) in [6.45, 7) is 5.95. The average Bonchev–Trinajstić information content (AvgIpc) is 3.54. The van der Waals surface area contributed by atoms with Crippen LogP contribution in [0.3, 0.4) is 0 Å². The van der Waals surface area contributed by atoms with Crippen molar-refractivity contribution in [3.05, 3.63) is 146 Å². The molecule has 2 aliphatic rings. The van der Waals surface area contributed by atoms with E-state index in [4.69, 9.17) is 20.7 Å². The third-order valence-electron chi connectivity index (χ3n) is 8.43. The van der Waals surface area contributed by atoms with Crippen LogP contribution in [0.25, 0.3) is 0 Å². The van der Waals surface area contributed by atoms with E-state index in [1.54, 1.807) is 60.7 Å². The summed E-state index contributed by atoms with van der Waals surface area (Å²) in [6, 6.07) is 15.4. The number of benzene rings is 2. The molecule has 1 aromatic heterocycles. The molecule has 2 aliphatic carbocycles. The number of amides is 1. The van der Waals surface area contributed by atoms with E-state index in [2.05, 4.69) is 42.7 Å². The molecular formula is C38H36ClF3N2O5S. The average molecular weight is 725 g/mol. The summed E-state index contributed by atoms with van der Waals surface area (Å²) in [5.74, 6) is -1.90. The normalized spacial score (nSPS) is 17.1. The first-order valence-electron chi connectivity index (χ1n) is 15.9. The van der Waals surface area contributed by atoms with Gasteiger partial charge >= 0.3 is 6.18 Å². The molecule has 0 spiro atoms. The van der Waals surface area contributed by atoms with Crippen LogP contribution in [-0.4, -0.2) is 42.5 Å². The van der Waals surface area contributed by atoms with E-state index < -0.39 is 45.4 Å². The topological polar surface area (TPSA) is 110 Å². The molecule has 2 unspecified atom stereocenters. The molecule has 12 heteroatoms. The number of carbonyl (C=O) groups excluding carboxylic acids is 1. The second kappa shape index (κ2) is 14.9. The van der Waals surface area contributed by atoms with E-state index in [9.17, 15) is 26.4 Å². The monoisotopic (exact) mass is 724 g/mol. The van der Waals surface area contributed by atoms with Crippen molar-refractivity contribution in [2.75, 3.05) is 12.3 Å². The minimum atomic E-state index is -4.51. The van der Waals surface area contributed by atoms with Gasteiger partial charge in [-0.05, 0) is 77.8 Å². The van der Waals surface area contributed by atoms with Crippen LogP contribution < -0.4 is 5.32 Å². The zero-order valence-electron chi connectivity index (χ0n) is 27.6. The summed E-state index contributed by atoms with van der Waals surface area (Å²) in [4.78, 5) is 12.5. The molecule has 50 heavy (non-hydrogen) atoms. The summed E-state index contributed by atoms with van der Waals surface area (Å²) in [7, 11) is -4.21. The van der Waals surface area contributed by atoms with Crippen LogP contribution in [0.15, 0.2) is 117 Å². The van der Waals surface area contributed by atoms with Crippen molar-refractivity contribution in [3.63, 3.8) is 0 Å². The third kappa shape index (κ3) is 9.87. The van der Waals surface area contributed by atoms with Gasteiger partial charge in [-0.3, -0.25) is 9.35 Å². The standard InChI is InChI=1S/C38H36ClF3N2O5S/c1-37(2,3)30-12-10-27(11-13-30)33(21-25-4-8-28(9-5-25)36(45)43-16-17-50(46,47)48)34-23-35(49-44-34)29-19-26(20-31(22-29)38(40,41)42)18-24-6-14-32(39)15-7-24/h4-10,12,14-15,19-20,23,29,33H,16-18,21-22H2,1-3H3,(H,43,45)(H,46,47,48). The van der Waals surface area contributed by atoms with Crippen LogP contribution in [0.5, 0.6) is 0 Å². The molecule has 2 atom stereocenters. The van der Waals surface area contributed by atoms with Crippen molar-refractivity contribution in [1.29, 1.82) is 0 Å². The summed E-state index contributed by atoms with van der Waals surface area (Å²) in [6.07, 6.45) is 2.77. The number of alkyl halides is 3. The molecule has 0 saturated heterocycles. The lowest BCUT2D eigenvalue weighted by atomic mass is 9.82. The Bertz CT molecular complexity index is 2060. The van der Waals surface area contributed by atoms with Crippen LogP contribution in [-0.2, 0) is 23.0 Å². The van der Waals surface area contributed by atoms with Crippen LogP contribution in [0.2, 0.25) is 5.02 Å². The lowest BCUT2D eigenvalue weighted by Crippen LogP contribution is -2.28. The first-order valence-corrected chi connectivity index (χ1v) is 17.9. The van der Waals surface area contributed by atoms with Gasteiger partial charge in [0.25, 0.3) is 16.0 Å². The van der Waals surface area contributed by atoms with Crippen molar-refractivity contribution in [3.8, 4) is 0 Å². The Balaban J connectivity index is 1.44. The Morgan fingerprint density at radius 1 is 1.06 bits per heavy atom. The number of carbonyl (C=O) groups is 1. The summed E-state index contributed by atoms with van der Waals surface area (Å²) < 4.78 is 78.8. The first kappa shape index (κ1) is 36.9. The quantitative estimate of drug-likeness (QED) is 0.151. The van der Waals surface area contributed by atoms with Gasteiger partial charge in [0.05, 0.1) is 11.4 Å². The van der Waals surface area contributed by atoms with Gasteiger partial charge in [0, 0.05) is 51.8 Å². The maximum Gasteiger partial charge on any atom is 0.412 e. The van der Waals surface area contributed by atoms with Gasteiger partial charge in [-0.25, -0.2) is 0 Å². The van der Waals surface area contributed by atoms with Crippen molar-refractivity contribution >= 4 is 27.6 Å². The lowest BCUT2D eigenvalue weighted by molar-refractivity contribution is -0.0946. The Kier molecular flexibility index (Phi) is 11.0. The van der Waals surface area contributed by atoms with Gasteiger partial charge in [0.1, 0.15) is 5.76 Å². The third-order valence-corrected chi connectivity index (χ3v) is 9.40. The van der Waals surface area contributed by atoms with Gasteiger partial charge in [0.2, 0.25) is 0 Å². The molecule has 0 fully saturated rings. The molecule has 1 amide bonds. The number of nitrogens with one attached hydrogen (secondary N) is 1. The molecule has 5 rings (SSSR count). The SMILES string of the molecule is CC(C)(C)C1=C=C=C(C(Cc2ccc(C(=O)NCCS(=O)(=O)O)cc2)c2cc(C3C=C(Cc4ccc(Cl)cc4)C=C(C(F)(F)F)C3)on2)C=C1. The molecule has 0 radical (unpaired) electrons. The van der Waals surface area contributed by atoms with E-state index in [0.717, 1.165) is 22.3 Å².